The van der Waals surface area contributed by atoms with Gasteiger partial charge in [-0.25, -0.2) is 0 Å². The van der Waals surface area contributed by atoms with Crippen LogP contribution in [0.25, 0.3) is 0 Å². The van der Waals surface area contributed by atoms with Crippen LogP contribution in [0.15, 0.2) is 71.0 Å². The number of benzene rings is 2. The van der Waals surface area contributed by atoms with Crippen LogP contribution in [0.3, 0.4) is 0 Å². The average Bonchev–Trinajstić information content (AvgIpc) is 2.95. The van der Waals surface area contributed by atoms with Crippen LogP contribution in [0, 0.1) is 0 Å². The summed E-state index contributed by atoms with van der Waals surface area (Å²) < 4.78 is 0. The Hall–Kier alpha value is -2.24. The summed E-state index contributed by atoms with van der Waals surface area (Å²) in [6, 6.07) is 16.8. The Labute approximate surface area is 168 Å². The summed E-state index contributed by atoms with van der Waals surface area (Å²) in [6.07, 6.45) is 2.37. The van der Waals surface area contributed by atoms with Gasteiger partial charge in [-0.15, -0.1) is 0 Å². The lowest BCUT2D eigenvalue weighted by molar-refractivity contribution is -0.125. The quantitative estimate of drug-likeness (QED) is 0.566. The molecule has 4 nitrogen and oxygen atoms in total. The third-order valence-electron chi connectivity index (χ3n) is 4.34. The highest BCUT2D eigenvalue weighted by molar-refractivity contribution is 8.02. The second-order valence-corrected chi connectivity index (χ2v) is 7.63. The van der Waals surface area contributed by atoms with E-state index in [0.717, 1.165) is 11.3 Å². The summed E-state index contributed by atoms with van der Waals surface area (Å²) >= 11 is 7.40. The second kappa shape index (κ2) is 9.62. The van der Waals surface area contributed by atoms with E-state index < -0.39 is 0 Å². The molecule has 0 bridgehead atoms. The molecule has 1 fully saturated rings. The molecule has 0 spiro atoms. The summed E-state index contributed by atoms with van der Waals surface area (Å²) in [7, 11) is 0. The Morgan fingerprint density at radius 1 is 0.889 bits per heavy atom. The average molecular weight is 401 g/mol. The van der Waals surface area contributed by atoms with Gasteiger partial charge in [0.2, 0.25) is 5.91 Å². The van der Waals surface area contributed by atoms with E-state index in [9.17, 15) is 9.59 Å². The normalized spacial score (nSPS) is 15.0. The number of amides is 2. The van der Waals surface area contributed by atoms with Crippen molar-refractivity contribution in [1.82, 2.24) is 9.80 Å². The molecule has 0 saturated carbocycles. The smallest absolute Gasteiger partial charge is 0.253 e. The van der Waals surface area contributed by atoms with Crippen molar-refractivity contribution in [2.75, 3.05) is 26.2 Å². The fraction of sp³-hybridized carbons (Fsp3) is 0.238. The highest BCUT2D eigenvalue weighted by atomic mass is 35.5. The Balaban J connectivity index is 1.53. The zero-order chi connectivity index (χ0) is 19.1. The van der Waals surface area contributed by atoms with E-state index in [2.05, 4.69) is 0 Å². The van der Waals surface area contributed by atoms with Gasteiger partial charge in [0.05, 0.1) is 0 Å². The standard InChI is InChI=1S/C21H21ClN2O2S/c22-18-9-7-17(8-10-18)21(26)24-13-4-12-23(14-15-24)20(25)11-16-27-19-5-2-1-3-6-19/h1-3,5-11,16H,4,12-15H2/b16-11+. The van der Waals surface area contributed by atoms with E-state index in [0.29, 0.717) is 36.8 Å². The lowest BCUT2D eigenvalue weighted by Gasteiger charge is -2.21. The molecule has 3 rings (SSSR count). The van der Waals surface area contributed by atoms with Gasteiger partial charge in [-0.05, 0) is 48.2 Å². The number of halogens is 1. The van der Waals surface area contributed by atoms with Crippen molar-refractivity contribution in [2.45, 2.75) is 11.3 Å². The molecule has 1 aliphatic rings. The van der Waals surface area contributed by atoms with Crippen LogP contribution in [0.1, 0.15) is 16.8 Å². The number of carbonyl (C=O) groups excluding carboxylic acids is 2. The number of nitrogens with zero attached hydrogens (tertiary/aromatic N) is 2. The highest BCUT2D eigenvalue weighted by Crippen LogP contribution is 2.18. The first-order valence-corrected chi connectivity index (χ1v) is 10.1. The van der Waals surface area contributed by atoms with Gasteiger partial charge in [0.15, 0.2) is 0 Å². The minimum absolute atomic E-state index is 0.0146. The fourth-order valence-corrected chi connectivity index (χ4v) is 3.67. The van der Waals surface area contributed by atoms with Crippen molar-refractivity contribution < 1.29 is 9.59 Å². The maximum absolute atomic E-state index is 12.6. The van der Waals surface area contributed by atoms with Gasteiger partial charge in [0, 0.05) is 47.7 Å². The third-order valence-corrected chi connectivity index (χ3v) is 5.41. The molecule has 140 valence electrons. The van der Waals surface area contributed by atoms with Crippen LogP contribution in [0.4, 0.5) is 0 Å². The molecule has 1 saturated heterocycles. The summed E-state index contributed by atoms with van der Waals surface area (Å²) in [5.74, 6) is -0.0321. The van der Waals surface area contributed by atoms with E-state index in [1.54, 1.807) is 40.1 Å². The zero-order valence-electron chi connectivity index (χ0n) is 14.9. The number of thioether (sulfide) groups is 1. The SMILES string of the molecule is O=C(/C=C/Sc1ccccc1)N1CCCN(C(=O)c2ccc(Cl)cc2)CC1. The summed E-state index contributed by atoms with van der Waals surface area (Å²) in [5.41, 5.74) is 0.623. The zero-order valence-corrected chi connectivity index (χ0v) is 16.5. The highest BCUT2D eigenvalue weighted by Gasteiger charge is 2.21. The van der Waals surface area contributed by atoms with Gasteiger partial charge in [-0.2, -0.15) is 0 Å². The van der Waals surface area contributed by atoms with Gasteiger partial charge >= 0.3 is 0 Å². The first kappa shape index (κ1) is 19.5. The topological polar surface area (TPSA) is 40.6 Å². The molecule has 6 heteroatoms. The molecule has 2 aromatic rings. The molecule has 0 atom stereocenters. The van der Waals surface area contributed by atoms with E-state index >= 15 is 0 Å². The molecule has 1 heterocycles. The van der Waals surface area contributed by atoms with Crippen molar-refractivity contribution in [3.05, 3.63) is 76.7 Å². The van der Waals surface area contributed by atoms with Gasteiger partial charge < -0.3 is 9.80 Å². The first-order chi connectivity index (χ1) is 13.1. The lowest BCUT2D eigenvalue weighted by Crippen LogP contribution is -2.36. The molecule has 27 heavy (non-hydrogen) atoms. The maximum Gasteiger partial charge on any atom is 0.253 e. The van der Waals surface area contributed by atoms with E-state index in [-0.39, 0.29) is 11.8 Å². The maximum atomic E-state index is 12.6. The van der Waals surface area contributed by atoms with Crippen molar-refractivity contribution in [3.63, 3.8) is 0 Å². The first-order valence-electron chi connectivity index (χ1n) is 8.85. The Morgan fingerprint density at radius 3 is 2.30 bits per heavy atom. The van der Waals surface area contributed by atoms with Gasteiger partial charge in [-0.1, -0.05) is 41.6 Å². The molecule has 2 amide bonds. The lowest BCUT2D eigenvalue weighted by atomic mass is 10.2. The van der Waals surface area contributed by atoms with E-state index in [4.69, 9.17) is 11.6 Å². The molecule has 0 aromatic heterocycles. The number of rotatable bonds is 4. The molecular formula is C21H21ClN2O2S. The van der Waals surface area contributed by atoms with E-state index in [1.807, 2.05) is 35.7 Å². The van der Waals surface area contributed by atoms with Crippen LogP contribution < -0.4 is 0 Å². The Morgan fingerprint density at radius 2 is 1.56 bits per heavy atom. The summed E-state index contributed by atoms with van der Waals surface area (Å²) in [5, 5.41) is 2.43. The minimum Gasteiger partial charge on any atom is -0.337 e. The van der Waals surface area contributed by atoms with Crippen molar-refractivity contribution >= 4 is 35.2 Å². The largest absolute Gasteiger partial charge is 0.337 e. The van der Waals surface area contributed by atoms with E-state index in [1.165, 1.54) is 11.8 Å². The van der Waals surface area contributed by atoms with Crippen molar-refractivity contribution in [2.24, 2.45) is 0 Å². The summed E-state index contributed by atoms with van der Waals surface area (Å²) in [6.45, 7) is 2.38. The van der Waals surface area contributed by atoms with Crippen LogP contribution >= 0.6 is 23.4 Å². The van der Waals surface area contributed by atoms with Gasteiger partial charge in [0.25, 0.3) is 5.91 Å². The Bertz CT molecular complexity index is 809. The number of hydrogen-bond donors (Lipinski definition) is 0. The predicted molar refractivity (Wildman–Crippen MR) is 110 cm³/mol. The van der Waals surface area contributed by atoms with Crippen LogP contribution in [-0.4, -0.2) is 47.8 Å². The molecule has 0 unspecified atom stereocenters. The van der Waals surface area contributed by atoms with Crippen molar-refractivity contribution in [1.29, 1.82) is 0 Å². The summed E-state index contributed by atoms with van der Waals surface area (Å²) in [4.78, 5) is 29.8. The Kier molecular flexibility index (Phi) is 6.96. The van der Waals surface area contributed by atoms with Crippen LogP contribution in [0.2, 0.25) is 5.02 Å². The molecule has 2 aromatic carbocycles. The van der Waals surface area contributed by atoms with Gasteiger partial charge in [-0.3, -0.25) is 9.59 Å². The molecule has 0 radical (unpaired) electrons. The molecule has 0 N–H and O–H groups in total. The monoisotopic (exact) mass is 400 g/mol. The molecule has 0 aliphatic carbocycles. The number of hydrogen-bond acceptors (Lipinski definition) is 3. The van der Waals surface area contributed by atoms with Gasteiger partial charge in [0.1, 0.15) is 0 Å². The molecule has 1 aliphatic heterocycles. The van der Waals surface area contributed by atoms with Crippen molar-refractivity contribution in [3.8, 4) is 0 Å². The fourth-order valence-electron chi connectivity index (χ4n) is 2.89. The van der Waals surface area contributed by atoms with Crippen LogP contribution in [-0.2, 0) is 4.79 Å². The predicted octanol–water partition coefficient (Wildman–Crippen LogP) is 4.32. The molecular weight excluding hydrogens is 380 g/mol. The van der Waals surface area contributed by atoms with Crippen LogP contribution in [0.5, 0.6) is 0 Å². The third kappa shape index (κ3) is 5.62. The number of carbonyl (C=O) groups is 2. The minimum atomic E-state index is -0.0175. The second-order valence-electron chi connectivity index (χ2n) is 6.21.